The van der Waals surface area contributed by atoms with Crippen molar-refractivity contribution in [2.24, 2.45) is 0 Å². The summed E-state index contributed by atoms with van der Waals surface area (Å²) >= 11 is 0. The van der Waals surface area contributed by atoms with E-state index < -0.39 is 0 Å². The minimum absolute atomic E-state index is 0.798. The second-order valence-electron chi connectivity index (χ2n) is 6.08. The van der Waals surface area contributed by atoms with Crippen LogP contribution in [-0.4, -0.2) is 34.1 Å². The zero-order chi connectivity index (χ0) is 14.7. The Labute approximate surface area is 126 Å². The first kappa shape index (κ1) is 14.4. The zero-order valence-corrected chi connectivity index (χ0v) is 13.0. The fourth-order valence-corrected chi connectivity index (χ4v) is 3.32. The maximum absolute atomic E-state index is 5.88. The molecule has 2 heterocycles. The van der Waals surface area contributed by atoms with Gasteiger partial charge in [0.2, 0.25) is 0 Å². The van der Waals surface area contributed by atoms with Crippen LogP contribution in [-0.2, 0) is 13.0 Å². The molecule has 0 atom stereocenters. The predicted molar refractivity (Wildman–Crippen MR) is 88.4 cm³/mol. The van der Waals surface area contributed by atoms with Crippen LogP contribution in [0.4, 0.5) is 5.69 Å². The second-order valence-corrected chi connectivity index (χ2v) is 6.08. The van der Waals surface area contributed by atoms with Crippen molar-refractivity contribution in [1.82, 2.24) is 14.5 Å². The molecular weight excluding hydrogens is 260 g/mol. The molecule has 4 nitrogen and oxygen atoms in total. The van der Waals surface area contributed by atoms with Gasteiger partial charge in [0, 0.05) is 18.7 Å². The standard InChI is InChI=1S/C17H26N4/c1-2-6-17-19-15-13-14(18)7-8-16(15)21(17)12-5-11-20-9-3-4-10-20/h7-8,13H,2-6,9-12,18H2,1H3. The van der Waals surface area contributed by atoms with E-state index in [1.54, 1.807) is 0 Å². The van der Waals surface area contributed by atoms with Crippen molar-refractivity contribution in [3.63, 3.8) is 0 Å². The third-order valence-electron chi connectivity index (χ3n) is 4.38. The first-order valence-corrected chi connectivity index (χ1v) is 8.25. The van der Waals surface area contributed by atoms with Crippen LogP contribution in [0.5, 0.6) is 0 Å². The van der Waals surface area contributed by atoms with Crippen LogP contribution < -0.4 is 5.73 Å². The molecule has 114 valence electrons. The van der Waals surface area contributed by atoms with Crippen molar-refractivity contribution >= 4 is 16.7 Å². The lowest BCUT2D eigenvalue weighted by Crippen LogP contribution is -2.21. The Bertz CT molecular complexity index is 596. The van der Waals surface area contributed by atoms with Crippen LogP contribution in [0.15, 0.2) is 18.2 Å². The lowest BCUT2D eigenvalue weighted by atomic mass is 10.2. The summed E-state index contributed by atoms with van der Waals surface area (Å²) in [6, 6.07) is 6.09. The van der Waals surface area contributed by atoms with Crippen molar-refractivity contribution < 1.29 is 0 Å². The Morgan fingerprint density at radius 3 is 2.76 bits per heavy atom. The van der Waals surface area contributed by atoms with E-state index in [4.69, 9.17) is 10.7 Å². The Hall–Kier alpha value is -1.55. The van der Waals surface area contributed by atoms with Crippen LogP contribution in [0.1, 0.15) is 38.4 Å². The molecule has 1 fully saturated rings. The van der Waals surface area contributed by atoms with Crippen LogP contribution in [0.25, 0.3) is 11.0 Å². The number of likely N-dealkylation sites (tertiary alicyclic amines) is 1. The molecule has 4 heteroatoms. The molecule has 0 unspecified atom stereocenters. The Kier molecular flexibility index (Phi) is 4.44. The van der Waals surface area contributed by atoms with E-state index in [-0.39, 0.29) is 0 Å². The van der Waals surface area contributed by atoms with Gasteiger partial charge in [0.05, 0.1) is 11.0 Å². The monoisotopic (exact) mass is 286 g/mol. The van der Waals surface area contributed by atoms with E-state index in [1.165, 1.54) is 50.2 Å². The molecule has 0 aliphatic carbocycles. The molecule has 1 aliphatic rings. The van der Waals surface area contributed by atoms with Crippen molar-refractivity contribution in [1.29, 1.82) is 0 Å². The molecule has 1 aromatic heterocycles. The van der Waals surface area contributed by atoms with E-state index in [9.17, 15) is 0 Å². The zero-order valence-electron chi connectivity index (χ0n) is 13.0. The quantitative estimate of drug-likeness (QED) is 0.830. The molecule has 3 rings (SSSR count). The number of nitrogen functional groups attached to an aromatic ring is 1. The molecule has 0 amide bonds. The molecule has 0 spiro atoms. The number of fused-ring (bicyclic) bond motifs is 1. The summed E-state index contributed by atoms with van der Waals surface area (Å²) in [6.45, 7) is 7.04. The molecular formula is C17H26N4. The lowest BCUT2D eigenvalue weighted by Gasteiger charge is -2.15. The molecule has 0 saturated carbocycles. The molecule has 2 N–H and O–H groups in total. The summed E-state index contributed by atoms with van der Waals surface area (Å²) < 4.78 is 2.40. The maximum Gasteiger partial charge on any atom is 0.109 e. The van der Waals surface area contributed by atoms with E-state index in [0.717, 1.165) is 30.6 Å². The number of benzene rings is 1. The molecule has 0 bridgehead atoms. The summed E-state index contributed by atoms with van der Waals surface area (Å²) in [7, 11) is 0. The fourth-order valence-electron chi connectivity index (χ4n) is 3.32. The van der Waals surface area contributed by atoms with E-state index in [2.05, 4.69) is 22.5 Å². The van der Waals surface area contributed by atoms with Gasteiger partial charge in [-0.3, -0.25) is 0 Å². The largest absolute Gasteiger partial charge is 0.399 e. The van der Waals surface area contributed by atoms with Crippen molar-refractivity contribution in [2.45, 2.75) is 45.6 Å². The number of aromatic nitrogens is 2. The van der Waals surface area contributed by atoms with Gasteiger partial charge in [-0.1, -0.05) is 6.92 Å². The molecule has 1 aromatic carbocycles. The van der Waals surface area contributed by atoms with Crippen molar-refractivity contribution in [3.05, 3.63) is 24.0 Å². The second kappa shape index (κ2) is 6.48. The number of aryl methyl sites for hydroxylation is 2. The maximum atomic E-state index is 5.88. The van der Waals surface area contributed by atoms with Crippen LogP contribution in [0.2, 0.25) is 0 Å². The highest BCUT2D eigenvalue weighted by molar-refractivity contribution is 5.79. The number of imidazole rings is 1. The van der Waals surface area contributed by atoms with E-state index in [0.29, 0.717) is 0 Å². The van der Waals surface area contributed by atoms with Crippen LogP contribution >= 0.6 is 0 Å². The highest BCUT2D eigenvalue weighted by Gasteiger charge is 2.13. The molecule has 21 heavy (non-hydrogen) atoms. The Morgan fingerprint density at radius 2 is 2.00 bits per heavy atom. The van der Waals surface area contributed by atoms with E-state index in [1.807, 2.05) is 12.1 Å². The van der Waals surface area contributed by atoms with Gasteiger partial charge in [-0.25, -0.2) is 4.98 Å². The average Bonchev–Trinajstić information content (AvgIpc) is 3.08. The number of anilines is 1. The summed E-state index contributed by atoms with van der Waals surface area (Å²) in [6.07, 6.45) is 6.11. The van der Waals surface area contributed by atoms with Gasteiger partial charge in [-0.05, 0) is 63.5 Å². The number of rotatable bonds is 6. The van der Waals surface area contributed by atoms with Crippen molar-refractivity contribution in [3.8, 4) is 0 Å². The van der Waals surface area contributed by atoms with Gasteiger partial charge in [0.15, 0.2) is 0 Å². The van der Waals surface area contributed by atoms with Gasteiger partial charge in [0.1, 0.15) is 5.82 Å². The van der Waals surface area contributed by atoms with Gasteiger partial charge < -0.3 is 15.2 Å². The smallest absolute Gasteiger partial charge is 0.109 e. The topological polar surface area (TPSA) is 47.1 Å². The van der Waals surface area contributed by atoms with E-state index >= 15 is 0 Å². The number of hydrogen-bond acceptors (Lipinski definition) is 3. The molecule has 0 radical (unpaired) electrons. The predicted octanol–water partition coefficient (Wildman–Crippen LogP) is 3.06. The number of nitrogens with two attached hydrogens (primary N) is 1. The van der Waals surface area contributed by atoms with Crippen LogP contribution in [0, 0.1) is 0 Å². The minimum Gasteiger partial charge on any atom is -0.399 e. The number of hydrogen-bond donors (Lipinski definition) is 1. The van der Waals surface area contributed by atoms with Gasteiger partial charge >= 0.3 is 0 Å². The summed E-state index contributed by atoms with van der Waals surface area (Å²) in [5.41, 5.74) is 8.95. The third-order valence-corrected chi connectivity index (χ3v) is 4.38. The first-order valence-electron chi connectivity index (χ1n) is 8.25. The normalized spacial score (nSPS) is 16.0. The highest BCUT2D eigenvalue weighted by atomic mass is 15.1. The Balaban J connectivity index is 1.76. The highest BCUT2D eigenvalue weighted by Crippen LogP contribution is 2.20. The van der Waals surface area contributed by atoms with Crippen LogP contribution in [0.3, 0.4) is 0 Å². The number of nitrogens with zero attached hydrogens (tertiary/aromatic N) is 3. The average molecular weight is 286 g/mol. The van der Waals surface area contributed by atoms with Gasteiger partial charge in [-0.15, -0.1) is 0 Å². The van der Waals surface area contributed by atoms with Gasteiger partial charge in [0.25, 0.3) is 0 Å². The summed E-state index contributed by atoms with van der Waals surface area (Å²) in [5.74, 6) is 1.21. The summed E-state index contributed by atoms with van der Waals surface area (Å²) in [5, 5.41) is 0. The third kappa shape index (κ3) is 3.21. The molecule has 1 aliphatic heterocycles. The molecule has 1 saturated heterocycles. The van der Waals surface area contributed by atoms with Gasteiger partial charge in [-0.2, -0.15) is 0 Å². The summed E-state index contributed by atoms with van der Waals surface area (Å²) in [4.78, 5) is 7.36. The molecule has 2 aromatic rings. The SMILES string of the molecule is CCCc1nc2cc(N)ccc2n1CCCN1CCCC1. The first-order chi connectivity index (χ1) is 10.3. The minimum atomic E-state index is 0.798. The Morgan fingerprint density at radius 1 is 1.19 bits per heavy atom. The van der Waals surface area contributed by atoms with Crippen molar-refractivity contribution in [2.75, 3.05) is 25.4 Å². The fraction of sp³-hybridized carbons (Fsp3) is 0.588. The lowest BCUT2D eigenvalue weighted by molar-refractivity contribution is 0.325.